The highest BCUT2D eigenvalue weighted by Gasteiger charge is 2.31. The smallest absolute Gasteiger partial charge is 0.416 e. The molecule has 112 valence electrons. The van der Waals surface area contributed by atoms with Crippen molar-refractivity contribution < 1.29 is 17.9 Å². The molecule has 7 heteroatoms. The first-order valence-corrected chi connectivity index (χ1v) is 7.37. The summed E-state index contributed by atoms with van der Waals surface area (Å²) in [5.74, 6) is 0.679. The average molecular weight is 425 g/mol. The Balaban J connectivity index is 2.37. The molecule has 2 rings (SSSR count). The first-order valence-electron chi connectivity index (χ1n) is 5.78. The largest absolute Gasteiger partial charge is 0.454 e. The molecule has 2 nitrogen and oxygen atoms in total. The van der Waals surface area contributed by atoms with Gasteiger partial charge in [-0.2, -0.15) is 13.2 Å². The van der Waals surface area contributed by atoms with Gasteiger partial charge in [0.1, 0.15) is 5.75 Å². The van der Waals surface area contributed by atoms with Crippen LogP contribution in [0.15, 0.2) is 39.3 Å². The summed E-state index contributed by atoms with van der Waals surface area (Å²) in [6.45, 7) is 1.80. The van der Waals surface area contributed by atoms with Crippen LogP contribution in [0.2, 0.25) is 0 Å². The van der Waals surface area contributed by atoms with Crippen LogP contribution in [0.1, 0.15) is 11.1 Å². The van der Waals surface area contributed by atoms with Gasteiger partial charge in [-0.25, -0.2) is 0 Å². The van der Waals surface area contributed by atoms with Crippen molar-refractivity contribution in [2.75, 3.05) is 5.73 Å². The highest BCUT2D eigenvalue weighted by atomic mass is 79.9. The molecule has 0 aliphatic carbocycles. The molecule has 0 saturated carbocycles. The van der Waals surface area contributed by atoms with Crippen molar-refractivity contribution in [3.63, 3.8) is 0 Å². The van der Waals surface area contributed by atoms with Gasteiger partial charge in [-0.1, -0.05) is 15.9 Å². The van der Waals surface area contributed by atoms with Gasteiger partial charge in [0, 0.05) is 4.47 Å². The monoisotopic (exact) mass is 423 g/mol. The minimum atomic E-state index is -4.40. The number of hydrogen-bond donors (Lipinski definition) is 1. The molecule has 0 amide bonds. The zero-order chi connectivity index (χ0) is 15.8. The number of halogens is 5. The van der Waals surface area contributed by atoms with Crippen LogP contribution < -0.4 is 10.5 Å². The molecule has 0 fully saturated rings. The third kappa shape index (κ3) is 3.71. The first-order chi connectivity index (χ1) is 9.68. The van der Waals surface area contributed by atoms with Gasteiger partial charge in [0.05, 0.1) is 15.7 Å². The lowest BCUT2D eigenvalue weighted by Crippen LogP contribution is -2.04. The zero-order valence-corrected chi connectivity index (χ0v) is 13.9. The van der Waals surface area contributed by atoms with Crippen molar-refractivity contribution in [3.8, 4) is 11.5 Å². The number of ether oxygens (including phenoxy) is 1. The summed E-state index contributed by atoms with van der Waals surface area (Å²) in [4.78, 5) is 0. The van der Waals surface area contributed by atoms with Crippen molar-refractivity contribution in [2.24, 2.45) is 0 Å². The maximum atomic E-state index is 12.6. The Morgan fingerprint density at radius 3 is 2.29 bits per heavy atom. The van der Waals surface area contributed by atoms with E-state index in [9.17, 15) is 13.2 Å². The topological polar surface area (TPSA) is 35.2 Å². The molecular formula is C14H10Br2F3NO. The number of rotatable bonds is 2. The number of benzene rings is 2. The van der Waals surface area contributed by atoms with Gasteiger partial charge < -0.3 is 10.5 Å². The lowest BCUT2D eigenvalue weighted by atomic mass is 10.2. The number of nitrogen functional groups attached to an aromatic ring is 1. The third-order valence-corrected chi connectivity index (χ3v) is 3.82. The molecular weight excluding hydrogens is 415 g/mol. The molecule has 0 aliphatic heterocycles. The van der Waals surface area contributed by atoms with Crippen LogP contribution in [0.3, 0.4) is 0 Å². The number of hydrogen-bond acceptors (Lipinski definition) is 2. The summed E-state index contributed by atoms with van der Waals surface area (Å²) in [5, 5.41) is 0. The Morgan fingerprint density at radius 1 is 1.10 bits per heavy atom. The summed E-state index contributed by atoms with van der Waals surface area (Å²) in [5.41, 5.74) is 6.29. The zero-order valence-electron chi connectivity index (χ0n) is 10.8. The van der Waals surface area contributed by atoms with Gasteiger partial charge in [-0.3, -0.25) is 0 Å². The van der Waals surface area contributed by atoms with E-state index in [1.54, 1.807) is 13.0 Å². The second kappa shape index (κ2) is 5.88. The molecule has 21 heavy (non-hydrogen) atoms. The molecule has 0 aromatic heterocycles. The average Bonchev–Trinajstić information content (AvgIpc) is 2.33. The molecule has 0 atom stereocenters. The standard InChI is InChI=1S/C14H10Br2F3NO/c1-7-4-9(15)6-11(20)13(7)21-12-3-2-8(5-10(12)16)14(17,18)19/h2-6H,20H2,1H3. The lowest BCUT2D eigenvalue weighted by molar-refractivity contribution is -0.137. The number of anilines is 1. The normalized spacial score (nSPS) is 11.5. The van der Waals surface area contributed by atoms with Crippen molar-refractivity contribution in [1.29, 1.82) is 0 Å². The molecule has 2 aromatic rings. The lowest BCUT2D eigenvalue weighted by Gasteiger charge is -2.14. The molecule has 0 aliphatic rings. The van der Waals surface area contributed by atoms with Gasteiger partial charge in [0.25, 0.3) is 0 Å². The van der Waals surface area contributed by atoms with Crippen molar-refractivity contribution >= 4 is 37.5 Å². The number of nitrogens with two attached hydrogens (primary N) is 1. The predicted molar refractivity (Wildman–Crippen MR) is 82.5 cm³/mol. The van der Waals surface area contributed by atoms with E-state index in [2.05, 4.69) is 31.9 Å². The van der Waals surface area contributed by atoms with Crippen molar-refractivity contribution in [3.05, 3.63) is 50.4 Å². The predicted octanol–water partition coefficient (Wildman–Crippen LogP) is 5.91. The Kier molecular flexibility index (Phi) is 4.53. The SMILES string of the molecule is Cc1cc(Br)cc(N)c1Oc1ccc(C(F)(F)F)cc1Br. The van der Waals surface area contributed by atoms with E-state index in [0.717, 1.165) is 22.2 Å². The molecule has 0 radical (unpaired) electrons. The van der Waals surface area contributed by atoms with Gasteiger partial charge in [-0.15, -0.1) is 0 Å². The van der Waals surface area contributed by atoms with Crippen molar-refractivity contribution in [2.45, 2.75) is 13.1 Å². The Labute approximate surface area is 136 Å². The maximum Gasteiger partial charge on any atom is 0.416 e. The molecule has 0 heterocycles. The fourth-order valence-electron chi connectivity index (χ4n) is 1.77. The second-order valence-electron chi connectivity index (χ2n) is 4.39. The Morgan fingerprint density at radius 2 is 1.76 bits per heavy atom. The van der Waals surface area contributed by atoms with Crippen molar-refractivity contribution in [1.82, 2.24) is 0 Å². The van der Waals surface area contributed by atoms with E-state index in [-0.39, 0.29) is 10.2 Å². The van der Waals surface area contributed by atoms with E-state index in [1.165, 1.54) is 6.07 Å². The summed E-state index contributed by atoms with van der Waals surface area (Å²) in [6, 6.07) is 6.67. The summed E-state index contributed by atoms with van der Waals surface area (Å²) >= 11 is 6.39. The minimum Gasteiger partial charge on any atom is -0.454 e. The summed E-state index contributed by atoms with van der Waals surface area (Å²) < 4.78 is 44.5. The number of aryl methyl sites for hydroxylation is 1. The Hall–Kier alpha value is -1.21. The molecule has 0 unspecified atom stereocenters. The Bertz CT molecular complexity index is 663. The first kappa shape index (κ1) is 16.2. The van der Waals surface area contributed by atoms with E-state index in [1.807, 2.05) is 6.07 Å². The second-order valence-corrected chi connectivity index (χ2v) is 6.16. The van der Waals surface area contributed by atoms with Crippen LogP contribution in [0.25, 0.3) is 0 Å². The van der Waals surface area contributed by atoms with Gasteiger partial charge >= 0.3 is 6.18 Å². The molecule has 2 N–H and O–H groups in total. The fraction of sp³-hybridized carbons (Fsp3) is 0.143. The highest BCUT2D eigenvalue weighted by molar-refractivity contribution is 9.10. The van der Waals surface area contributed by atoms with E-state index in [0.29, 0.717) is 11.4 Å². The minimum absolute atomic E-state index is 0.207. The maximum absolute atomic E-state index is 12.6. The summed E-state index contributed by atoms with van der Waals surface area (Å²) in [7, 11) is 0. The van der Waals surface area contributed by atoms with Crippen LogP contribution in [0.4, 0.5) is 18.9 Å². The van der Waals surface area contributed by atoms with Gasteiger partial charge in [0.2, 0.25) is 0 Å². The fourth-order valence-corrected chi connectivity index (χ4v) is 2.81. The number of alkyl halides is 3. The van der Waals surface area contributed by atoms with E-state index >= 15 is 0 Å². The van der Waals surface area contributed by atoms with Crippen LogP contribution in [-0.2, 0) is 6.18 Å². The highest BCUT2D eigenvalue weighted by Crippen LogP contribution is 2.39. The summed E-state index contributed by atoms with van der Waals surface area (Å²) in [6.07, 6.45) is -4.40. The van der Waals surface area contributed by atoms with Crippen LogP contribution in [0.5, 0.6) is 11.5 Å². The quantitative estimate of drug-likeness (QED) is 0.608. The van der Waals surface area contributed by atoms with Gasteiger partial charge in [0.15, 0.2) is 5.75 Å². The molecule has 0 saturated heterocycles. The third-order valence-electron chi connectivity index (χ3n) is 2.74. The van der Waals surface area contributed by atoms with E-state index in [4.69, 9.17) is 10.5 Å². The van der Waals surface area contributed by atoms with Crippen LogP contribution >= 0.6 is 31.9 Å². The van der Waals surface area contributed by atoms with E-state index < -0.39 is 11.7 Å². The molecule has 0 spiro atoms. The molecule has 2 aromatic carbocycles. The van der Waals surface area contributed by atoms with Gasteiger partial charge in [-0.05, 0) is 58.7 Å². The van der Waals surface area contributed by atoms with Crippen LogP contribution in [-0.4, -0.2) is 0 Å². The van der Waals surface area contributed by atoms with Crippen LogP contribution in [0, 0.1) is 6.92 Å². The molecule has 0 bridgehead atoms.